The molecule has 0 aromatic heterocycles. The van der Waals surface area contributed by atoms with Crippen LogP contribution < -0.4 is 10.6 Å². The van der Waals surface area contributed by atoms with Gasteiger partial charge >= 0.3 is 6.09 Å². The molecule has 0 saturated heterocycles. The number of thioether (sulfide) groups is 1. The van der Waals surface area contributed by atoms with Gasteiger partial charge in [-0.15, -0.1) is 0 Å². The van der Waals surface area contributed by atoms with Crippen molar-refractivity contribution in [3.05, 3.63) is 0 Å². The van der Waals surface area contributed by atoms with Gasteiger partial charge in [0.2, 0.25) is 5.91 Å². The van der Waals surface area contributed by atoms with Gasteiger partial charge in [0.1, 0.15) is 5.60 Å². The fourth-order valence-electron chi connectivity index (χ4n) is 3.45. The van der Waals surface area contributed by atoms with Crippen molar-refractivity contribution in [3.63, 3.8) is 0 Å². The molecule has 164 valence electrons. The lowest BCUT2D eigenvalue weighted by molar-refractivity contribution is -0.124. The summed E-state index contributed by atoms with van der Waals surface area (Å²) in [6, 6.07) is 0. The third-order valence-electron chi connectivity index (χ3n) is 5.44. The van der Waals surface area contributed by atoms with Crippen LogP contribution in [0.4, 0.5) is 4.79 Å². The lowest BCUT2D eigenvalue weighted by atomic mass is 9.71. The number of carbonyl (C=O) groups is 2. The van der Waals surface area contributed by atoms with Crippen molar-refractivity contribution >= 4 is 23.8 Å². The summed E-state index contributed by atoms with van der Waals surface area (Å²) in [4.78, 5) is 24.6. The Morgan fingerprint density at radius 2 is 1.68 bits per heavy atom. The Kier molecular flexibility index (Phi) is 10.2. The van der Waals surface area contributed by atoms with Gasteiger partial charge in [-0.25, -0.2) is 4.79 Å². The van der Waals surface area contributed by atoms with E-state index in [1.807, 2.05) is 32.5 Å². The molecule has 0 atom stereocenters. The third kappa shape index (κ3) is 10.6. The molecule has 0 bridgehead atoms. The Morgan fingerprint density at radius 1 is 1.04 bits per heavy atom. The van der Waals surface area contributed by atoms with Crippen molar-refractivity contribution in [3.8, 4) is 0 Å². The molecule has 0 spiro atoms. The zero-order valence-electron chi connectivity index (χ0n) is 18.9. The highest BCUT2D eigenvalue weighted by Crippen LogP contribution is 2.39. The second-order valence-electron chi connectivity index (χ2n) is 9.76. The average molecular weight is 415 g/mol. The Balaban J connectivity index is 2.43. The Bertz CT molecular complexity index is 495. The van der Waals surface area contributed by atoms with Crippen molar-refractivity contribution in [1.29, 1.82) is 0 Å². The number of rotatable bonds is 10. The number of ether oxygens (including phenoxy) is 1. The van der Waals surface area contributed by atoms with Gasteiger partial charge in [0.15, 0.2) is 0 Å². The molecule has 2 amide bonds. The van der Waals surface area contributed by atoms with Crippen molar-refractivity contribution in [1.82, 2.24) is 10.6 Å². The molecule has 2 N–H and O–H groups in total. The minimum Gasteiger partial charge on any atom is -0.444 e. The van der Waals surface area contributed by atoms with E-state index in [1.165, 1.54) is 6.42 Å². The van der Waals surface area contributed by atoms with Gasteiger partial charge in [-0.3, -0.25) is 4.79 Å². The van der Waals surface area contributed by atoms with E-state index in [4.69, 9.17) is 4.74 Å². The molecule has 6 heteroatoms. The van der Waals surface area contributed by atoms with E-state index in [9.17, 15) is 9.59 Å². The van der Waals surface area contributed by atoms with Crippen LogP contribution in [0.25, 0.3) is 0 Å². The maximum absolute atomic E-state index is 12.5. The van der Waals surface area contributed by atoms with Gasteiger partial charge in [0.25, 0.3) is 0 Å². The Morgan fingerprint density at radius 3 is 2.25 bits per heavy atom. The van der Waals surface area contributed by atoms with Crippen molar-refractivity contribution < 1.29 is 14.3 Å². The molecule has 28 heavy (non-hydrogen) atoms. The molecule has 1 aliphatic carbocycles. The highest BCUT2D eigenvalue weighted by atomic mass is 32.2. The second-order valence-corrected chi connectivity index (χ2v) is 11.6. The fourth-order valence-corrected chi connectivity index (χ4v) is 4.49. The van der Waals surface area contributed by atoms with E-state index in [1.54, 1.807) is 0 Å². The number of hydrogen-bond acceptors (Lipinski definition) is 4. The number of amides is 2. The van der Waals surface area contributed by atoms with E-state index in [2.05, 4.69) is 31.4 Å². The lowest BCUT2D eigenvalue weighted by Crippen LogP contribution is -2.44. The zero-order chi connectivity index (χ0) is 21.3. The topological polar surface area (TPSA) is 67.4 Å². The highest BCUT2D eigenvalue weighted by molar-refractivity contribution is 8.00. The predicted octanol–water partition coefficient (Wildman–Crippen LogP) is 5.28. The predicted molar refractivity (Wildman–Crippen MR) is 119 cm³/mol. The Labute approximate surface area is 176 Å². The first-order chi connectivity index (χ1) is 13.0. The molecule has 1 aliphatic rings. The van der Waals surface area contributed by atoms with Gasteiger partial charge in [-0.2, -0.15) is 11.8 Å². The summed E-state index contributed by atoms with van der Waals surface area (Å²) in [6.07, 6.45) is 7.64. The van der Waals surface area contributed by atoms with E-state index < -0.39 is 11.7 Å². The molecule has 0 aromatic carbocycles. The van der Waals surface area contributed by atoms with E-state index in [-0.39, 0.29) is 11.3 Å². The highest BCUT2D eigenvalue weighted by Gasteiger charge is 2.35. The zero-order valence-corrected chi connectivity index (χ0v) is 19.7. The van der Waals surface area contributed by atoms with Crippen LogP contribution in [-0.2, 0) is 9.53 Å². The molecular weight excluding hydrogens is 372 g/mol. The standard InChI is InChI=1S/C22H42N2O3S/c1-7-21(5,6)28-15-11-14-23-18(25)16-22(12-9-8-10-13-22)17-24-19(26)27-20(2,3)4/h7-17H2,1-6H3,(H,23,25)(H,24,26). The number of alkyl carbamates (subject to hydrolysis) is 1. The van der Waals surface area contributed by atoms with Gasteiger partial charge in [0.05, 0.1) is 0 Å². The summed E-state index contributed by atoms with van der Waals surface area (Å²) in [7, 11) is 0. The molecule has 1 fully saturated rings. The van der Waals surface area contributed by atoms with E-state index in [0.29, 0.717) is 17.7 Å². The van der Waals surface area contributed by atoms with Crippen LogP contribution in [-0.4, -0.2) is 41.2 Å². The minimum atomic E-state index is -0.508. The first kappa shape index (κ1) is 25.1. The first-order valence-electron chi connectivity index (χ1n) is 10.8. The molecule has 1 saturated carbocycles. The third-order valence-corrected chi connectivity index (χ3v) is 7.01. The van der Waals surface area contributed by atoms with Crippen LogP contribution in [0.15, 0.2) is 0 Å². The van der Waals surface area contributed by atoms with Crippen molar-refractivity contribution in [2.75, 3.05) is 18.8 Å². The van der Waals surface area contributed by atoms with E-state index >= 15 is 0 Å². The summed E-state index contributed by atoms with van der Waals surface area (Å²) in [5.41, 5.74) is -0.649. The normalized spacial score (nSPS) is 17.1. The van der Waals surface area contributed by atoms with Crippen LogP contribution in [0.3, 0.4) is 0 Å². The SMILES string of the molecule is CCC(C)(C)SCCCNC(=O)CC1(CNC(=O)OC(C)(C)C)CCCCC1. The lowest BCUT2D eigenvalue weighted by Gasteiger charge is -2.37. The van der Waals surface area contributed by atoms with Gasteiger partial charge in [-0.05, 0) is 57.6 Å². The molecule has 5 nitrogen and oxygen atoms in total. The summed E-state index contributed by atoms with van der Waals surface area (Å²) in [5, 5.41) is 6.00. The van der Waals surface area contributed by atoms with Gasteiger partial charge in [0, 0.05) is 24.3 Å². The van der Waals surface area contributed by atoms with Crippen LogP contribution in [0.1, 0.15) is 92.9 Å². The first-order valence-corrected chi connectivity index (χ1v) is 11.8. The quantitative estimate of drug-likeness (QED) is 0.477. The maximum Gasteiger partial charge on any atom is 0.407 e. The smallest absolute Gasteiger partial charge is 0.407 e. The van der Waals surface area contributed by atoms with Crippen LogP contribution in [0.2, 0.25) is 0 Å². The van der Waals surface area contributed by atoms with Crippen LogP contribution >= 0.6 is 11.8 Å². The van der Waals surface area contributed by atoms with Crippen molar-refractivity contribution in [2.45, 2.75) is 103 Å². The number of carbonyl (C=O) groups excluding carboxylic acids is 2. The molecule has 0 unspecified atom stereocenters. The van der Waals surface area contributed by atoms with Crippen molar-refractivity contribution in [2.24, 2.45) is 5.41 Å². The van der Waals surface area contributed by atoms with Gasteiger partial charge in [-0.1, -0.05) is 40.0 Å². The average Bonchev–Trinajstić information content (AvgIpc) is 2.59. The van der Waals surface area contributed by atoms with Crippen LogP contribution in [0.5, 0.6) is 0 Å². The molecule has 0 radical (unpaired) electrons. The minimum absolute atomic E-state index is 0.104. The number of nitrogens with one attached hydrogen (secondary N) is 2. The molecule has 0 aromatic rings. The summed E-state index contributed by atoms with van der Waals surface area (Å²) in [5.74, 6) is 1.17. The molecule has 0 heterocycles. The molecule has 1 rings (SSSR count). The Hall–Kier alpha value is -0.910. The second kappa shape index (κ2) is 11.3. The van der Waals surface area contributed by atoms with Gasteiger partial charge < -0.3 is 15.4 Å². The number of hydrogen-bond donors (Lipinski definition) is 2. The molecule has 0 aliphatic heterocycles. The summed E-state index contributed by atoms with van der Waals surface area (Å²) in [6.45, 7) is 13.5. The summed E-state index contributed by atoms with van der Waals surface area (Å²) >= 11 is 1.97. The van der Waals surface area contributed by atoms with E-state index in [0.717, 1.165) is 50.8 Å². The summed E-state index contributed by atoms with van der Waals surface area (Å²) < 4.78 is 5.66. The largest absolute Gasteiger partial charge is 0.444 e. The fraction of sp³-hybridized carbons (Fsp3) is 0.909. The monoisotopic (exact) mass is 414 g/mol. The molecular formula is C22H42N2O3S. The van der Waals surface area contributed by atoms with Crippen LogP contribution in [0, 0.1) is 5.41 Å². The maximum atomic E-state index is 12.5.